The van der Waals surface area contributed by atoms with Crippen molar-refractivity contribution in [3.63, 3.8) is 0 Å². The number of nitro groups is 1. The van der Waals surface area contributed by atoms with E-state index in [1.807, 2.05) is 13.8 Å². The SMILES string of the molecule is CC(C)C1(C(=O)Nc2ccc([N+](=O)[O-])cc2Br)CCNC1. The molecule has 2 N–H and O–H groups in total. The summed E-state index contributed by atoms with van der Waals surface area (Å²) in [4.78, 5) is 22.9. The molecule has 7 heteroatoms. The summed E-state index contributed by atoms with van der Waals surface area (Å²) in [5.74, 6) is 0.168. The minimum atomic E-state index is -0.465. The number of halogens is 1. The first-order valence-electron chi connectivity index (χ1n) is 6.83. The van der Waals surface area contributed by atoms with Crippen molar-refractivity contribution < 1.29 is 9.72 Å². The van der Waals surface area contributed by atoms with Gasteiger partial charge in [-0.25, -0.2) is 0 Å². The Morgan fingerprint density at radius 2 is 2.24 bits per heavy atom. The van der Waals surface area contributed by atoms with Gasteiger partial charge in [0.25, 0.3) is 5.69 Å². The first kappa shape index (κ1) is 15.9. The largest absolute Gasteiger partial charge is 0.325 e. The molecule has 0 aromatic heterocycles. The van der Waals surface area contributed by atoms with Crippen LogP contribution < -0.4 is 10.6 Å². The van der Waals surface area contributed by atoms with Crippen molar-refractivity contribution in [1.29, 1.82) is 0 Å². The molecule has 2 rings (SSSR count). The van der Waals surface area contributed by atoms with Crippen LogP contribution in [0.25, 0.3) is 0 Å². The summed E-state index contributed by atoms with van der Waals surface area (Å²) in [5.41, 5.74) is 0.111. The van der Waals surface area contributed by atoms with Crippen LogP contribution in [0.2, 0.25) is 0 Å². The quantitative estimate of drug-likeness (QED) is 0.642. The van der Waals surface area contributed by atoms with E-state index in [4.69, 9.17) is 0 Å². The van der Waals surface area contributed by atoms with Crippen LogP contribution in [0.5, 0.6) is 0 Å². The van der Waals surface area contributed by atoms with Gasteiger partial charge in [0, 0.05) is 23.2 Å². The van der Waals surface area contributed by atoms with Crippen LogP contribution in [-0.2, 0) is 4.79 Å². The number of hydrogen-bond acceptors (Lipinski definition) is 4. The van der Waals surface area contributed by atoms with Crippen LogP contribution in [0.15, 0.2) is 22.7 Å². The zero-order chi connectivity index (χ0) is 15.6. The number of carbonyl (C=O) groups excluding carboxylic acids is 1. The Kier molecular flexibility index (Phi) is 4.63. The molecular formula is C14H18BrN3O3. The average molecular weight is 356 g/mol. The monoisotopic (exact) mass is 355 g/mol. The van der Waals surface area contributed by atoms with Crippen molar-refractivity contribution in [2.45, 2.75) is 20.3 Å². The minimum Gasteiger partial charge on any atom is -0.325 e. The second-order valence-corrected chi connectivity index (χ2v) is 6.47. The number of nitro benzene ring substituents is 1. The lowest BCUT2D eigenvalue weighted by molar-refractivity contribution is -0.384. The number of rotatable bonds is 4. The summed E-state index contributed by atoms with van der Waals surface area (Å²) >= 11 is 3.27. The van der Waals surface area contributed by atoms with Gasteiger partial charge in [0.2, 0.25) is 5.91 Å². The first-order valence-corrected chi connectivity index (χ1v) is 7.62. The molecule has 1 unspecified atom stereocenters. The highest BCUT2D eigenvalue weighted by atomic mass is 79.9. The molecule has 1 aromatic rings. The summed E-state index contributed by atoms with van der Waals surface area (Å²) in [7, 11) is 0. The maximum atomic E-state index is 12.6. The summed E-state index contributed by atoms with van der Waals surface area (Å²) in [6.45, 7) is 5.56. The van der Waals surface area contributed by atoms with E-state index in [1.165, 1.54) is 12.1 Å². The molecule has 1 fully saturated rings. The third-order valence-electron chi connectivity index (χ3n) is 4.16. The Bertz CT molecular complexity index is 569. The van der Waals surface area contributed by atoms with Crippen LogP contribution in [0.1, 0.15) is 20.3 Å². The summed E-state index contributed by atoms with van der Waals surface area (Å²) in [5, 5.41) is 16.9. The van der Waals surface area contributed by atoms with Gasteiger partial charge >= 0.3 is 0 Å². The lowest BCUT2D eigenvalue weighted by Crippen LogP contribution is -2.42. The van der Waals surface area contributed by atoms with Crippen molar-refractivity contribution in [2.75, 3.05) is 18.4 Å². The molecule has 0 saturated carbocycles. The number of carbonyl (C=O) groups is 1. The fourth-order valence-electron chi connectivity index (χ4n) is 2.63. The number of non-ortho nitro benzene ring substituents is 1. The van der Waals surface area contributed by atoms with Gasteiger partial charge in [-0.2, -0.15) is 0 Å². The zero-order valence-electron chi connectivity index (χ0n) is 12.0. The van der Waals surface area contributed by atoms with Crippen molar-refractivity contribution in [3.8, 4) is 0 Å². The number of amides is 1. The number of nitrogens with one attached hydrogen (secondary N) is 2. The molecule has 0 radical (unpaired) electrons. The maximum absolute atomic E-state index is 12.6. The van der Waals surface area contributed by atoms with Crippen molar-refractivity contribution >= 4 is 33.2 Å². The average Bonchev–Trinajstić information content (AvgIpc) is 2.91. The molecule has 21 heavy (non-hydrogen) atoms. The Balaban J connectivity index is 2.21. The summed E-state index contributed by atoms with van der Waals surface area (Å²) < 4.78 is 0.509. The highest BCUT2D eigenvalue weighted by Crippen LogP contribution is 2.36. The van der Waals surface area contributed by atoms with Crippen molar-refractivity contribution in [2.24, 2.45) is 11.3 Å². The van der Waals surface area contributed by atoms with E-state index in [9.17, 15) is 14.9 Å². The predicted octanol–water partition coefficient (Wildman–Crippen LogP) is 2.93. The Morgan fingerprint density at radius 1 is 1.52 bits per heavy atom. The molecule has 1 aliphatic rings. The highest BCUT2D eigenvalue weighted by molar-refractivity contribution is 9.10. The number of hydrogen-bond donors (Lipinski definition) is 2. The van der Waals surface area contributed by atoms with E-state index in [2.05, 4.69) is 26.6 Å². The maximum Gasteiger partial charge on any atom is 0.270 e. The molecule has 1 aliphatic heterocycles. The number of nitrogens with zero attached hydrogens (tertiary/aromatic N) is 1. The van der Waals surface area contributed by atoms with Gasteiger partial charge in [-0.15, -0.1) is 0 Å². The summed E-state index contributed by atoms with van der Waals surface area (Å²) in [6, 6.07) is 4.33. The number of benzene rings is 1. The van der Waals surface area contributed by atoms with Crippen molar-refractivity contribution in [1.82, 2.24) is 5.32 Å². The molecular weight excluding hydrogens is 338 g/mol. The number of anilines is 1. The van der Waals surface area contributed by atoms with Crippen molar-refractivity contribution in [3.05, 3.63) is 32.8 Å². The third kappa shape index (κ3) is 3.08. The smallest absolute Gasteiger partial charge is 0.270 e. The lowest BCUT2D eigenvalue weighted by Gasteiger charge is -2.31. The van der Waals surface area contributed by atoms with Crippen LogP contribution in [0, 0.1) is 21.4 Å². The molecule has 0 aliphatic carbocycles. The molecule has 1 atom stereocenters. The fraction of sp³-hybridized carbons (Fsp3) is 0.500. The first-order chi connectivity index (χ1) is 9.86. The predicted molar refractivity (Wildman–Crippen MR) is 84.2 cm³/mol. The Hall–Kier alpha value is -1.47. The van der Waals surface area contributed by atoms with Gasteiger partial charge in [0.15, 0.2) is 0 Å². The molecule has 0 spiro atoms. The molecule has 6 nitrogen and oxygen atoms in total. The minimum absolute atomic E-state index is 0.0130. The molecule has 1 amide bonds. The van der Waals surface area contributed by atoms with Gasteiger partial charge in [-0.05, 0) is 40.9 Å². The van der Waals surface area contributed by atoms with E-state index in [0.717, 1.165) is 13.0 Å². The van der Waals surface area contributed by atoms with Gasteiger partial charge in [-0.1, -0.05) is 13.8 Å². The molecule has 1 saturated heterocycles. The summed E-state index contributed by atoms with van der Waals surface area (Å²) in [6.07, 6.45) is 0.793. The van der Waals surface area contributed by atoms with Gasteiger partial charge < -0.3 is 10.6 Å². The molecule has 1 heterocycles. The van der Waals surface area contributed by atoms with Crippen LogP contribution in [-0.4, -0.2) is 23.9 Å². The van der Waals surface area contributed by atoms with Crippen LogP contribution in [0.3, 0.4) is 0 Å². The molecule has 1 aromatic carbocycles. The topological polar surface area (TPSA) is 84.3 Å². The van der Waals surface area contributed by atoms with Gasteiger partial charge in [0.05, 0.1) is 16.0 Å². The molecule has 114 valence electrons. The van der Waals surface area contributed by atoms with E-state index in [0.29, 0.717) is 16.7 Å². The van der Waals surface area contributed by atoms with E-state index < -0.39 is 10.3 Å². The normalized spacial score (nSPS) is 21.5. The second kappa shape index (κ2) is 6.11. The third-order valence-corrected chi connectivity index (χ3v) is 4.81. The van der Waals surface area contributed by atoms with E-state index in [-0.39, 0.29) is 17.5 Å². The van der Waals surface area contributed by atoms with Gasteiger partial charge in [-0.3, -0.25) is 14.9 Å². The zero-order valence-corrected chi connectivity index (χ0v) is 13.6. The molecule has 0 bridgehead atoms. The Labute approximate surface area is 131 Å². The second-order valence-electron chi connectivity index (χ2n) is 5.61. The highest BCUT2D eigenvalue weighted by Gasteiger charge is 2.44. The van der Waals surface area contributed by atoms with E-state index in [1.54, 1.807) is 6.07 Å². The fourth-order valence-corrected chi connectivity index (χ4v) is 3.09. The lowest BCUT2D eigenvalue weighted by atomic mass is 9.75. The van der Waals surface area contributed by atoms with Crippen LogP contribution in [0.4, 0.5) is 11.4 Å². The van der Waals surface area contributed by atoms with Crippen LogP contribution >= 0.6 is 15.9 Å². The standard InChI is InChI=1S/C14H18BrN3O3/c1-9(2)14(5-6-16-8-14)13(19)17-12-4-3-10(18(20)21)7-11(12)15/h3-4,7,9,16H,5-6,8H2,1-2H3,(H,17,19). The van der Waals surface area contributed by atoms with E-state index >= 15 is 0 Å². The Morgan fingerprint density at radius 3 is 2.71 bits per heavy atom. The van der Waals surface area contributed by atoms with Gasteiger partial charge in [0.1, 0.15) is 0 Å².